The summed E-state index contributed by atoms with van der Waals surface area (Å²) >= 11 is 0. The van der Waals surface area contributed by atoms with Gasteiger partial charge < -0.3 is 10.3 Å². The molecule has 1 fully saturated rings. The average molecular weight is 234 g/mol. The fraction of sp³-hybridized carbons (Fsp3) is 0.769. The summed E-state index contributed by atoms with van der Waals surface area (Å²) in [6, 6.07) is 0.696. The number of imidazole rings is 1. The van der Waals surface area contributed by atoms with Crippen LogP contribution in [0.2, 0.25) is 0 Å². The van der Waals surface area contributed by atoms with Crippen LogP contribution in [-0.2, 0) is 6.54 Å². The van der Waals surface area contributed by atoms with E-state index in [9.17, 15) is 0 Å². The van der Waals surface area contributed by atoms with E-state index in [1.165, 1.54) is 43.7 Å². The van der Waals surface area contributed by atoms with E-state index in [1.807, 2.05) is 6.20 Å². The van der Waals surface area contributed by atoms with Crippen LogP contribution in [0.5, 0.6) is 0 Å². The minimum atomic E-state index is 0.193. The van der Waals surface area contributed by atoms with Gasteiger partial charge in [-0.3, -0.25) is 4.90 Å². The molecule has 1 aromatic heterocycles. The number of nitrogens with zero attached hydrogens (tertiary/aromatic N) is 3. The van der Waals surface area contributed by atoms with E-state index in [0.29, 0.717) is 6.04 Å². The molecule has 0 saturated carbocycles. The Balaban J connectivity index is 1.92. The molecule has 0 radical (unpaired) electrons. The number of nitrogens with two attached hydrogens (primary N) is 1. The summed E-state index contributed by atoms with van der Waals surface area (Å²) in [5, 5.41) is 0. The van der Waals surface area contributed by atoms with Gasteiger partial charge in [-0.1, -0.05) is 6.42 Å². The molecule has 0 aromatic carbocycles. The number of fused-ring (bicyclic) bond motifs is 1. The monoisotopic (exact) mass is 234 g/mol. The van der Waals surface area contributed by atoms with Gasteiger partial charge in [-0.05, 0) is 39.3 Å². The standard InChI is InChI=1S/C13H22N4/c1-16-7-3-2-6-11(16)13-15-9-12-10(14)5-4-8-17(12)13/h9-11H,2-8,14H2,1H3. The van der Waals surface area contributed by atoms with Gasteiger partial charge >= 0.3 is 0 Å². The molecule has 2 N–H and O–H groups in total. The Bertz CT molecular complexity index is 398. The first-order chi connectivity index (χ1) is 8.27. The number of rotatable bonds is 1. The molecule has 2 unspecified atom stereocenters. The van der Waals surface area contributed by atoms with Crippen LogP contribution in [0.15, 0.2) is 6.20 Å². The Morgan fingerprint density at radius 1 is 1.24 bits per heavy atom. The van der Waals surface area contributed by atoms with Gasteiger partial charge in [-0.25, -0.2) is 4.98 Å². The molecule has 3 heterocycles. The molecular formula is C13H22N4. The van der Waals surface area contributed by atoms with Crippen molar-refractivity contribution in [2.24, 2.45) is 5.73 Å². The molecule has 2 atom stereocenters. The van der Waals surface area contributed by atoms with Crippen molar-refractivity contribution in [3.8, 4) is 0 Å². The van der Waals surface area contributed by atoms with E-state index >= 15 is 0 Å². The molecule has 2 aliphatic rings. The maximum atomic E-state index is 6.15. The van der Waals surface area contributed by atoms with Crippen LogP contribution >= 0.6 is 0 Å². The minimum absolute atomic E-state index is 0.193. The summed E-state index contributed by atoms with van der Waals surface area (Å²) in [4.78, 5) is 7.11. The fourth-order valence-corrected chi connectivity index (χ4v) is 3.23. The molecule has 1 saturated heterocycles. The van der Waals surface area contributed by atoms with Gasteiger partial charge in [0.25, 0.3) is 0 Å². The molecule has 0 aliphatic carbocycles. The molecule has 17 heavy (non-hydrogen) atoms. The molecule has 1 aromatic rings. The van der Waals surface area contributed by atoms with Crippen LogP contribution < -0.4 is 5.73 Å². The van der Waals surface area contributed by atoms with Crippen molar-refractivity contribution in [1.82, 2.24) is 14.5 Å². The van der Waals surface area contributed by atoms with Crippen molar-refractivity contribution in [2.45, 2.75) is 50.7 Å². The van der Waals surface area contributed by atoms with Gasteiger partial charge in [0.05, 0.1) is 17.9 Å². The third kappa shape index (κ3) is 1.89. The van der Waals surface area contributed by atoms with Crippen molar-refractivity contribution in [1.29, 1.82) is 0 Å². The Morgan fingerprint density at radius 3 is 2.94 bits per heavy atom. The Kier molecular flexibility index (Phi) is 2.92. The highest BCUT2D eigenvalue weighted by Crippen LogP contribution is 2.32. The molecule has 0 spiro atoms. The largest absolute Gasteiger partial charge is 0.329 e. The molecular weight excluding hydrogens is 212 g/mol. The highest BCUT2D eigenvalue weighted by atomic mass is 15.2. The predicted molar refractivity (Wildman–Crippen MR) is 67.6 cm³/mol. The van der Waals surface area contributed by atoms with Crippen molar-refractivity contribution in [3.63, 3.8) is 0 Å². The van der Waals surface area contributed by atoms with E-state index in [4.69, 9.17) is 5.73 Å². The first kappa shape index (κ1) is 11.2. The van der Waals surface area contributed by atoms with E-state index in [1.54, 1.807) is 0 Å². The van der Waals surface area contributed by atoms with E-state index in [0.717, 1.165) is 13.0 Å². The van der Waals surface area contributed by atoms with Gasteiger partial charge in [0.1, 0.15) is 5.82 Å². The van der Waals surface area contributed by atoms with E-state index < -0.39 is 0 Å². The molecule has 2 aliphatic heterocycles. The first-order valence-corrected chi connectivity index (χ1v) is 6.78. The third-order valence-electron chi connectivity index (χ3n) is 4.26. The highest BCUT2D eigenvalue weighted by Gasteiger charge is 2.28. The van der Waals surface area contributed by atoms with Gasteiger partial charge in [0.2, 0.25) is 0 Å². The number of aromatic nitrogens is 2. The lowest BCUT2D eigenvalue weighted by atomic mass is 10.0. The van der Waals surface area contributed by atoms with Crippen LogP contribution in [0.4, 0.5) is 0 Å². The Labute approximate surface area is 103 Å². The zero-order valence-corrected chi connectivity index (χ0v) is 10.6. The quantitative estimate of drug-likeness (QED) is 0.806. The summed E-state index contributed by atoms with van der Waals surface area (Å²) in [5.41, 5.74) is 7.39. The first-order valence-electron chi connectivity index (χ1n) is 6.78. The fourth-order valence-electron chi connectivity index (χ4n) is 3.23. The summed E-state index contributed by atoms with van der Waals surface area (Å²) in [7, 11) is 2.22. The lowest BCUT2D eigenvalue weighted by molar-refractivity contribution is 0.174. The Morgan fingerprint density at radius 2 is 2.12 bits per heavy atom. The van der Waals surface area contributed by atoms with Crippen LogP contribution in [0, 0.1) is 0 Å². The normalized spacial score (nSPS) is 30.2. The third-order valence-corrected chi connectivity index (χ3v) is 4.26. The molecule has 3 rings (SSSR count). The van der Waals surface area contributed by atoms with Crippen LogP contribution in [0.25, 0.3) is 0 Å². The lowest BCUT2D eigenvalue weighted by Gasteiger charge is -2.33. The topological polar surface area (TPSA) is 47.1 Å². The average Bonchev–Trinajstić information content (AvgIpc) is 2.75. The van der Waals surface area contributed by atoms with Crippen molar-refractivity contribution in [2.75, 3.05) is 13.6 Å². The van der Waals surface area contributed by atoms with Crippen LogP contribution in [0.3, 0.4) is 0 Å². The summed E-state index contributed by atoms with van der Waals surface area (Å²) in [6.07, 6.45) is 8.17. The van der Waals surface area contributed by atoms with Gasteiger partial charge in [0, 0.05) is 12.6 Å². The van der Waals surface area contributed by atoms with E-state index in [-0.39, 0.29) is 6.04 Å². The van der Waals surface area contributed by atoms with Gasteiger partial charge in [-0.15, -0.1) is 0 Å². The second kappa shape index (κ2) is 4.42. The SMILES string of the molecule is CN1CCCCC1c1ncc2n1CCCC2N. The molecule has 0 bridgehead atoms. The second-order valence-corrected chi connectivity index (χ2v) is 5.43. The molecule has 4 nitrogen and oxygen atoms in total. The van der Waals surface area contributed by atoms with Crippen molar-refractivity contribution < 1.29 is 0 Å². The zero-order valence-electron chi connectivity index (χ0n) is 10.6. The predicted octanol–water partition coefficient (Wildman–Crippen LogP) is 1.83. The van der Waals surface area contributed by atoms with Crippen LogP contribution in [0.1, 0.15) is 55.7 Å². The molecule has 4 heteroatoms. The number of hydrogen-bond acceptors (Lipinski definition) is 3. The minimum Gasteiger partial charge on any atom is -0.329 e. The zero-order chi connectivity index (χ0) is 11.8. The van der Waals surface area contributed by atoms with Crippen molar-refractivity contribution in [3.05, 3.63) is 17.7 Å². The molecule has 94 valence electrons. The van der Waals surface area contributed by atoms with E-state index in [2.05, 4.69) is 21.5 Å². The maximum absolute atomic E-state index is 6.15. The number of likely N-dealkylation sites (tertiary alicyclic amines) is 1. The molecule has 0 amide bonds. The maximum Gasteiger partial charge on any atom is 0.126 e. The Hall–Kier alpha value is -0.870. The second-order valence-electron chi connectivity index (χ2n) is 5.43. The van der Waals surface area contributed by atoms with Gasteiger partial charge in [0.15, 0.2) is 0 Å². The van der Waals surface area contributed by atoms with Crippen LogP contribution in [-0.4, -0.2) is 28.0 Å². The highest BCUT2D eigenvalue weighted by molar-refractivity contribution is 5.15. The number of hydrogen-bond donors (Lipinski definition) is 1. The summed E-state index contributed by atoms with van der Waals surface area (Å²) < 4.78 is 2.38. The van der Waals surface area contributed by atoms with Crippen molar-refractivity contribution >= 4 is 0 Å². The summed E-state index contributed by atoms with van der Waals surface area (Å²) in [6.45, 7) is 2.29. The van der Waals surface area contributed by atoms with Gasteiger partial charge in [-0.2, -0.15) is 0 Å². The smallest absolute Gasteiger partial charge is 0.126 e. The summed E-state index contributed by atoms with van der Waals surface area (Å²) in [5.74, 6) is 1.25. The number of piperidine rings is 1. The lowest BCUT2D eigenvalue weighted by Crippen LogP contribution is -2.33.